The minimum absolute atomic E-state index is 0.0195. The zero-order valence-corrected chi connectivity index (χ0v) is 37.6. The van der Waals surface area contributed by atoms with E-state index in [9.17, 15) is 20.6 Å². The molecular formula is C62H56O. The number of hydrogen-bond acceptors (Lipinski definition) is 1. The fourth-order valence-electron chi connectivity index (χ4n) is 10.4. The molecule has 1 aromatic heterocycles. The second kappa shape index (κ2) is 13.5. The third-order valence-electron chi connectivity index (χ3n) is 14.1. The molecule has 0 saturated carbocycles. The van der Waals surface area contributed by atoms with Crippen LogP contribution in [0, 0.1) is 76.2 Å². The Labute approximate surface area is 397 Å². The van der Waals surface area contributed by atoms with E-state index < -0.39 is 60.7 Å². The van der Waals surface area contributed by atoms with Crippen molar-refractivity contribution in [2.45, 2.75) is 95.4 Å². The van der Waals surface area contributed by atoms with Crippen molar-refractivity contribution in [3.63, 3.8) is 0 Å². The molecule has 1 atom stereocenters. The van der Waals surface area contributed by atoms with Crippen LogP contribution in [0.15, 0.2) is 107 Å². The molecule has 10 aromatic rings. The Morgan fingerprint density at radius 2 is 1.06 bits per heavy atom. The summed E-state index contributed by atoms with van der Waals surface area (Å²) in [5.74, 6) is 0. The first-order valence-electron chi connectivity index (χ1n) is 30.5. The molecule has 0 spiro atoms. The van der Waals surface area contributed by atoms with Gasteiger partial charge in [0.2, 0.25) is 0 Å². The highest BCUT2D eigenvalue weighted by molar-refractivity contribution is 6.28. The van der Waals surface area contributed by atoms with Crippen molar-refractivity contribution in [3.05, 3.63) is 175 Å². The molecule has 0 amide bonds. The topological polar surface area (TPSA) is 13.1 Å². The molecular weight excluding hydrogens is 761 g/mol. The molecule has 0 aliphatic heterocycles. The summed E-state index contributed by atoms with van der Waals surface area (Å²) in [6.45, 7) is 20.3. The minimum Gasteiger partial charge on any atom is -0.455 e. The lowest BCUT2D eigenvalue weighted by Gasteiger charge is -2.27. The minimum atomic E-state index is -1.51. The molecule has 0 bridgehead atoms. The number of furan rings is 1. The summed E-state index contributed by atoms with van der Waals surface area (Å²) < 4.78 is 179. The molecule has 1 heteroatoms. The van der Waals surface area contributed by atoms with Gasteiger partial charge in [-0.25, -0.2) is 0 Å². The van der Waals surface area contributed by atoms with Gasteiger partial charge in [-0.05, 0) is 220 Å². The third kappa shape index (κ3) is 5.29. The number of rotatable bonds is 3. The van der Waals surface area contributed by atoms with Crippen molar-refractivity contribution in [1.82, 2.24) is 0 Å². The highest BCUT2D eigenvalue weighted by atomic mass is 16.3. The maximum absolute atomic E-state index is 10.2. The average Bonchev–Trinajstić information content (AvgIpc) is 4.08. The summed E-state index contributed by atoms with van der Waals surface area (Å²) in [7, 11) is 0. The summed E-state index contributed by atoms with van der Waals surface area (Å²) in [6.07, 6.45) is 0. The van der Waals surface area contributed by atoms with Crippen LogP contribution in [0.5, 0.6) is 0 Å². The molecule has 1 unspecified atom stereocenters. The lowest BCUT2D eigenvalue weighted by Crippen LogP contribution is -2.17. The van der Waals surface area contributed by atoms with E-state index in [4.69, 9.17) is 8.53 Å². The summed E-state index contributed by atoms with van der Waals surface area (Å²) >= 11 is 0. The van der Waals surface area contributed by atoms with Crippen LogP contribution in [0.3, 0.4) is 0 Å². The van der Waals surface area contributed by atoms with Crippen LogP contribution in [0.4, 0.5) is 0 Å². The van der Waals surface area contributed by atoms with E-state index in [0.29, 0.717) is 77.2 Å². The number of benzene rings is 9. The predicted octanol–water partition coefficient (Wildman–Crippen LogP) is 17.7. The van der Waals surface area contributed by atoms with Gasteiger partial charge in [0.25, 0.3) is 0 Å². The number of hydrogen-bond donors (Lipinski definition) is 0. The van der Waals surface area contributed by atoms with Crippen molar-refractivity contribution in [3.8, 4) is 44.5 Å². The van der Waals surface area contributed by atoms with Gasteiger partial charge >= 0.3 is 0 Å². The van der Waals surface area contributed by atoms with Crippen LogP contribution in [-0.4, -0.2) is 0 Å². The zero-order chi connectivity index (χ0) is 59.6. The van der Waals surface area contributed by atoms with E-state index in [1.807, 2.05) is 20.8 Å². The molecule has 0 saturated heterocycles. The van der Waals surface area contributed by atoms with Crippen molar-refractivity contribution in [2.24, 2.45) is 0 Å². The van der Waals surface area contributed by atoms with Gasteiger partial charge in [0.05, 0.1) is 23.3 Å². The molecule has 0 fully saturated rings. The van der Waals surface area contributed by atoms with Gasteiger partial charge in [0.1, 0.15) is 11.2 Å². The third-order valence-corrected chi connectivity index (χ3v) is 14.1. The quantitative estimate of drug-likeness (QED) is 0.162. The fraction of sp³-hybridized carbons (Fsp3) is 0.226. The van der Waals surface area contributed by atoms with Crippen molar-refractivity contribution < 1.29 is 29.1 Å². The first-order chi connectivity index (χ1) is 37.8. The normalized spacial score (nSPS) is 18.8. The van der Waals surface area contributed by atoms with Gasteiger partial charge in [0.15, 0.2) is 0 Å². The van der Waals surface area contributed by atoms with Gasteiger partial charge < -0.3 is 4.42 Å². The molecule has 11 rings (SSSR count). The monoisotopic (exact) mass is 835 g/mol. The fourth-order valence-corrected chi connectivity index (χ4v) is 10.4. The smallest absolute Gasteiger partial charge is 0.139 e. The van der Waals surface area contributed by atoms with Crippen molar-refractivity contribution >= 4 is 54.3 Å². The highest BCUT2D eigenvalue weighted by Crippen LogP contribution is 2.55. The molecule has 1 aliphatic rings. The number of aryl methyl sites for hydroxylation is 3. The Bertz CT molecular complexity index is 4640. The lowest BCUT2D eigenvalue weighted by molar-refractivity contribution is 0.657. The molecule has 1 nitrogen and oxygen atoms in total. The van der Waals surface area contributed by atoms with Gasteiger partial charge in [-0.15, -0.1) is 0 Å². The standard InChI is InChI=1S/C62H56O/c1-31-23-25-45-51(27-31)55(44-19-15-18-43(40(44)10)46-21-16-22-48-47-20-14-17-33(3)58(47)62(12,13)59(46)48)49-26-24-32(2)36(6)53(49)56(45)54-38(8)37(7)39(9)61-57(54)52-30-42-28-34(4)35(5)29-50(42)41(11)60(52)63-61/h14-30H,1-13H3/i12D,14D,15D,16D,17D,18D,19D,20D,21D,22D,23D,24D,25D,26D,27D,28D,29D,30D. The summed E-state index contributed by atoms with van der Waals surface area (Å²) in [5, 5.41) is 1.73. The van der Waals surface area contributed by atoms with Crippen molar-refractivity contribution in [1.29, 1.82) is 0 Å². The van der Waals surface area contributed by atoms with Crippen LogP contribution in [0.25, 0.3) is 98.8 Å². The Morgan fingerprint density at radius 1 is 0.413 bits per heavy atom. The molecule has 1 aliphatic carbocycles. The zero-order valence-electron chi connectivity index (χ0n) is 55.6. The molecule has 0 N–H and O–H groups in total. The first-order valence-corrected chi connectivity index (χ1v) is 21.3. The highest BCUT2D eigenvalue weighted by Gasteiger charge is 2.39. The molecule has 0 radical (unpaired) electrons. The van der Waals surface area contributed by atoms with Crippen LogP contribution < -0.4 is 0 Å². The Kier molecular flexibility index (Phi) is 5.24. The lowest BCUT2D eigenvalue weighted by atomic mass is 9.76. The van der Waals surface area contributed by atoms with E-state index in [2.05, 4.69) is 0 Å². The molecule has 63 heavy (non-hydrogen) atoms. The number of fused-ring (bicyclic) bond motifs is 9. The van der Waals surface area contributed by atoms with Gasteiger partial charge in [-0.1, -0.05) is 116 Å². The van der Waals surface area contributed by atoms with E-state index in [1.165, 1.54) is 6.92 Å². The van der Waals surface area contributed by atoms with E-state index in [0.717, 1.165) is 11.1 Å². The van der Waals surface area contributed by atoms with Gasteiger partial charge in [-0.3, -0.25) is 0 Å². The predicted molar refractivity (Wildman–Crippen MR) is 272 cm³/mol. The second-order valence-corrected chi connectivity index (χ2v) is 17.8. The van der Waals surface area contributed by atoms with Gasteiger partial charge in [-0.2, -0.15) is 0 Å². The summed E-state index contributed by atoms with van der Waals surface area (Å²) in [5.41, 5.74) is 4.92. The molecule has 9 aromatic carbocycles. The van der Waals surface area contributed by atoms with Crippen LogP contribution in [-0.2, 0) is 5.41 Å². The van der Waals surface area contributed by atoms with Gasteiger partial charge in [0, 0.05) is 23.1 Å². The van der Waals surface area contributed by atoms with Crippen LogP contribution >= 0.6 is 0 Å². The summed E-state index contributed by atoms with van der Waals surface area (Å²) in [6, 6.07) is -5.80. The Balaban J connectivity index is 1.42. The van der Waals surface area contributed by atoms with Crippen molar-refractivity contribution in [2.75, 3.05) is 0 Å². The largest absolute Gasteiger partial charge is 0.455 e. The van der Waals surface area contributed by atoms with E-state index in [1.54, 1.807) is 55.4 Å². The van der Waals surface area contributed by atoms with Crippen LogP contribution in [0.1, 0.15) is 111 Å². The maximum atomic E-state index is 10.2. The Hall–Kier alpha value is -6.44. The SMILES string of the molecule is [2H]CC1(C)c2c(C)c([2H])c([2H])c([2H])c2-c2c([2H])c([2H])c([2H])c(-c3c([2H])c([2H])c([2H])c(-c4c5c([2H])c(C)c([2H])c([2H])c5c(-c5c(C)c(C)c(C)c6oc7c(C)c8c([2H])c(C)c(C)c([2H])c8c([2H])c7c56)c5c(C)c(C)c([2H])c([2H])c45)c3C)c21. The maximum Gasteiger partial charge on any atom is 0.139 e. The van der Waals surface area contributed by atoms with E-state index in [-0.39, 0.29) is 137 Å². The molecule has 310 valence electrons. The van der Waals surface area contributed by atoms with E-state index >= 15 is 0 Å². The second-order valence-electron chi connectivity index (χ2n) is 17.8. The Morgan fingerprint density at radius 3 is 1.81 bits per heavy atom. The molecule has 1 heterocycles. The summed E-state index contributed by atoms with van der Waals surface area (Å²) in [4.78, 5) is 0. The average molecular weight is 835 g/mol. The van der Waals surface area contributed by atoms with Crippen LogP contribution in [0.2, 0.25) is 0 Å². The first kappa shape index (κ1) is 24.4.